The fourth-order valence-corrected chi connectivity index (χ4v) is 1.46. The number of anilines is 1. The molecule has 1 aromatic rings. The van der Waals surface area contributed by atoms with Crippen LogP contribution in [-0.4, -0.2) is 29.8 Å². The van der Waals surface area contributed by atoms with Crippen LogP contribution in [0.1, 0.15) is 12.2 Å². The molecule has 0 bridgehead atoms. The molecule has 2 heterocycles. The van der Waals surface area contributed by atoms with E-state index in [1.54, 1.807) is 12.3 Å². The number of hydrogen-bond donors (Lipinski definition) is 1. The van der Waals surface area contributed by atoms with Crippen molar-refractivity contribution in [2.24, 2.45) is 5.92 Å². The van der Waals surface area contributed by atoms with E-state index in [0.717, 1.165) is 25.5 Å². The Morgan fingerprint density at radius 1 is 1.67 bits per heavy atom. The van der Waals surface area contributed by atoms with Gasteiger partial charge in [0.1, 0.15) is 5.82 Å². The first-order valence-corrected chi connectivity index (χ1v) is 5.10. The Balaban J connectivity index is 1.73. The van der Waals surface area contributed by atoms with Gasteiger partial charge < -0.3 is 4.74 Å². The predicted molar refractivity (Wildman–Crippen MR) is 55.3 cm³/mol. The molecular formula is C10H15N3O2. The number of aromatic nitrogens is 2. The molecule has 5 nitrogen and oxygen atoms in total. The van der Waals surface area contributed by atoms with Gasteiger partial charge >= 0.3 is 0 Å². The first-order chi connectivity index (χ1) is 7.34. The zero-order valence-electron chi connectivity index (χ0n) is 8.77. The lowest BCUT2D eigenvalue weighted by Gasteiger charge is -2.09. The molecule has 0 radical (unpaired) electrons. The number of aryl methyl sites for hydroxylation is 1. The van der Waals surface area contributed by atoms with Gasteiger partial charge in [-0.2, -0.15) is 0 Å². The maximum absolute atomic E-state index is 5.34. The topological polar surface area (TPSA) is 56.3 Å². The Hall–Kier alpha value is -1.20. The largest absolute Gasteiger partial charge is 0.381 e. The van der Waals surface area contributed by atoms with Gasteiger partial charge in [-0.15, -0.1) is 0 Å². The standard InChI is InChI=1S/C10H15N3O2/c1-8-11-4-2-10(12-8)13-15-7-9-3-5-14-6-9/h2,4,9H,3,5-7H2,1H3,(H,11,12,13). The molecule has 15 heavy (non-hydrogen) atoms. The second-order valence-electron chi connectivity index (χ2n) is 3.63. The predicted octanol–water partition coefficient (Wildman–Crippen LogP) is 1.17. The molecule has 1 aliphatic rings. The van der Waals surface area contributed by atoms with Gasteiger partial charge in [0.25, 0.3) is 0 Å². The Bertz CT molecular complexity index is 313. The summed E-state index contributed by atoms with van der Waals surface area (Å²) in [6, 6.07) is 1.78. The summed E-state index contributed by atoms with van der Waals surface area (Å²) in [6.07, 6.45) is 2.77. The zero-order valence-corrected chi connectivity index (χ0v) is 8.77. The summed E-state index contributed by atoms with van der Waals surface area (Å²) in [7, 11) is 0. The SMILES string of the molecule is Cc1nccc(NOCC2CCOC2)n1. The van der Waals surface area contributed by atoms with Crippen LogP contribution in [0.5, 0.6) is 0 Å². The van der Waals surface area contributed by atoms with Crippen LogP contribution in [0.4, 0.5) is 5.82 Å². The summed E-state index contributed by atoms with van der Waals surface area (Å²) in [5.74, 6) is 1.93. The smallest absolute Gasteiger partial charge is 0.153 e. The van der Waals surface area contributed by atoms with Gasteiger partial charge in [-0.3, -0.25) is 4.84 Å². The van der Waals surface area contributed by atoms with Gasteiger partial charge in [-0.05, 0) is 13.3 Å². The second-order valence-corrected chi connectivity index (χ2v) is 3.63. The molecule has 1 atom stereocenters. The summed E-state index contributed by atoms with van der Waals surface area (Å²) >= 11 is 0. The van der Waals surface area contributed by atoms with E-state index in [1.807, 2.05) is 6.92 Å². The van der Waals surface area contributed by atoms with Crippen LogP contribution < -0.4 is 5.48 Å². The molecule has 2 rings (SSSR count). The van der Waals surface area contributed by atoms with Gasteiger partial charge in [-0.1, -0.05) is 0 Å². The summed E-state index contributed by atoms with van der Waals surface area (Å²) < 4.78 is 5.25. The van der Waals surface area contributed by atoms with E-state index in [0.29, 0.717) is 18.3 Å². The monoisotopic (exact) mass is 209 g/mol. The Labute approximate surface area is 88.8 Å². The highest BCUT2D eigenvalue weighted by atomic mass is 16.6. The fraction of sp³-hybridized carbons (Fsp3) is 0.600. The third-order valence-corrected chi connectivity index (χ3v) is 2.30. The normalized spacial score (nSPS) is 20.5. The average Bonchev–Trinajstić information content (AvgIpc) is 2.71. The van der Waals surface area contributed by atoms with E-state index >= 15 is 0 Å². The van der Waals surface area contributed by atoms with Crippen LogP contribution >= 0.6 is 0 Å². The lowest BCUT2D eigenvalue weighted by atomic mass is 10.1. The highest BCUT2D eigenvalue weighted by Gasteiger charge is 2.15. The van der Waals surface area contributed by atoms with E-state index in [4.69, 9.17) is 9.57 Å². The van der Waals surface area contributed by atoms with Crippen LogP contribution in [0.15, 0.2) is 12.3 Å². The highest BCUT2D eigenvalue weighted by molar-refractivity contribution is 5.29. The first kappa shape index (κ1) is 10.3. The van der Waals surface area contributed by atoms with Crippen LogP contribution in [0.25, 0.3) is 0 Å². The molecule has 1 aromatic heterocycles. The molecule has 5 heteroatoms. The molecule has 1 fully saturated rings. The van der Waals surface area contributed by atoms with Crippen molar-refractivity contribution < 1.29 is 9.57 Å². The molecular weight excluding hydrogens is 194 g/mol. The summed E-state index contributed by atoms with van der Waals surface area (Å²) in [6.45, 7) is 4.14. The molecule has 0 amide bonds. The van der Waals surface area contributed by atoms with Gasteiger partial charge in [-0.25, -0.2) is 15.4 Å². The molecule has 82 valence electrons. The summed E-state index contributed by atoms with van der Waals surface area (Å²) in [4.78, 5) is 13.5. The maximum Gasteiger partial charge on any atom is 0.153 e. The Morgan fingerprint density at radius 2 is 2.60 bits per heavy atom. The van der Waals surface area contributed by atoms with Crippen molar-refractivity contribution in [3.63, 3.8) is 0 Å². The van der Waals surface area contributed by atoms with Crippen molar-refractivity contribution in [3.8, 4) is 0 Å². The van der Waals surface area contributed by atoms with Gasteiger partial charge in [0, 0.05) is 24.8 Å². The van der Waals surface area contributed by atoms with Crippen molar-refractivity contribution in [2.45, 2.75) is 13.3 Å². The number of rotatable bonds is 4. The van der Waals surface area contributed by atoms with Crippen molar-refractivity contribution in [1.82, 2.24) is 9.97 Å². The third-order valence-electron chi connectivity index (χ3n) is 2.30. The molecule has 0 aromatic carbocycles. The van der Waals surface area contributed by atoms with E-state index in [1.165, 1.54) is 0 Å². The van der Waals surface area contributed by atoms with Crippen molar-refractivity contribution in [2.75, 3.05) is 25.3 Å². The van der Waals surface area contributed by atoms with E-state index in [2.05, 4.69) is 15.4 Å². The van der Waals surface area contributed by atoms with E-state index < -0.39 is 0 Å². The van der Waals surface area contributed by atoms with Gasteiger partial charge in [0.05, 0.1) is 13.2 Å². The maximum atomic E-state index is 5.34. The number of nitrogens with zero attached hydrogens (tertiary/aromatic N) is 2. The van der Waals surface area contributed by atoms with E-state index in [9.17, 15) is 0 Å². The van der Waals surface area contributed by atoms with Crippen LogP contribution in [0.3, 0.4) is 0 Å². The molecule has 0 spiro atoms. The van der Waals surface area contributed by atoms with Gasteiger partial charge in [0.15, 0.2) is 5.82 Å². The zero-order chi connectivity index (χ0) is 10.5. The molecule has 1 unspecified atom stereocenters. The second kappa shape index (κ2) is 5.04. The van der Waals surface area contributed by atoms with Crippen LogP contribution in [0.2, 0.25) is 0 Å². The minimum Gasteiger partial charge on any atom is -0.381 e. The third kappa shape index (κ3) is 3.14. The molecule has 1 aliphatic heterocycles. The molecule has 1 saturated heterocycles. The van der Waals surface area contributed by atoms with Gasteiger partial charge in [0.2, 0.25) is 0 Å². The number of nitrogens with one attached hydrogen (secondary N) is 1. The lowest BCUT2D eigenvalue weighted by Crippen LogP contribution is -2.13. The number of ether oxygens (including phenoxy) is 1. The van der Waals surface area contributed by atoms with Crippen molar-refractivity contribution in [1.29, 1.82) is 0 Å². The summed E-state index contributed by atoms with van der Waals surface area (Å²) in [5.41, 5.74) is 2.81. The minimum atomic E-state index is 0.500. The Kier molecular flexibility index (Phi) is 3.47. The van der Waals surface area contributed by atoms with Crippen molar-refractivity contribution >= 4 is 5.82 Å². The molecule has 0 aliphatic carbocycles. The fourth-order valence-electron chi connectivity index (χ4n) is 1.46. The summed E-state index contributed by atoms with van der Waals surface area (Å²) in [5, 5.41) is 0. The lowest BCUT2D eigenvalue weighted by molar-refractivity contribution is 0.126. The molecule has 1 N–H and O–H groups in total. The quantitative estimate of drug-likeness (QED) is 0.754. The minimum absolute atomic E-state index is 0.500. The van der Waals surface area contributed by atoms with E-state index in [-0.39, 0.29) is 0 Å². The van der Waals surface area contributed by atoms with Crippen molar-refractivity contribution in [3.05, 3.63) is 18.1 Å². The first-order valence-electron chi connectivity index (χ1n) is 5.10. The van der Waals surface area contributed by atoms with Crippen LogP contribution in [0, 0.1) is 12.8 Å². The van der Waals surface area contributed by atoms with Crippen LogP contribution in [-0.2, 0) is 9.57 Å². The number of hydrogen-bond acceptors (Lipinski definition) is 5. The molecule has 0 saturated carbocycles. The Morgan fingerprint density at radius 3 is 3.33 bits per heavy atom. The highest BCUT2D eigenvalue weighted by Crippen LogP contribution is 2.12. The average molecular weight is 209 g/mol.